The van der Waals surface area contributed by atoms with Gasteiger partial charge >= 0.3 is 293 Å². The molecule has 0 saturated heterocycles. The van der Waals surface area contributed by atoms with Gasteiger partial charge in [0.1, 0.15) is 0 Å². The van der Waals surface area contributed by atoms with E-state index in [0.717, 1.165) is 86.3 Å². The van der Waals surface area contributed by atoms with E-state index in [9.17, 15) is 0 Å². The molecular formula is C34H38N10Pt2-4. The number of aryl methyl sites for hydroxylation is 6. The maximum absolute atomic E-state index is 4.28. The van der Waals surface area contributed by atoms with E-state index in [-0.39, 0.29) is 0 Å². The summed E-state index contributed by atoms with van der Waals surface area (Å²) in [5.41, 5.74) is 2.15. The van der Waals surface area contributed by atoms with E-state index in [1.807, 2.05) is 50.2 Å². The zero-order valence-corrected chi connectivity index (χ0v) is 30.6. The van der Waals surface area contributed by atoms with Gasteiger partial charge in [0, 0.05) is 0 Å². The first-order chi connectivity index (χ1) is 22.5. The number of hydrogen-bond acceptors (Lipinski definition) is 4. The molecule has 10 nitrogen and oxygen atoms in total. The van der Waals surface area contributed by atoms with Crippen molar-refractivity contribution < 1.29 is 38.7 Å². The van der Waals surface area contributed by atoms with Crippen molar-refractivity contribution in [1.82, 2.24) is 48.6 Å². The summed E-state index contributed by atoms with van der Waals surface area (Å²) in [6.07, 6.45) is 17.2. The average Bonchev–Trinajstić information content (AvgIpc) is 3.87. The van der Waals surface area contributed by atoms with E-state index < -0.39 is 0 Å². The van der Waals surface area contributed by atoms with Gasteiger partial charge in [-0.25, -0.2) is 0 Å². The Morgan fingerprint density at radius 2 is 1.07 bits per heavy atom. The molecule has 46 heavy (non-hydrogen) atoms. The van der Waals surface area contributed by atoms with Gasteiger partial charge in [-0.15, -0.1) is 0 Å². The second-order valence-corrected chi connectivity index (χ2v) is 12.9. The molecule has 6 aromatic rings. The van der Waals surface area contributed by atoms with Crippen LogP contribution in [0.5, 0.6) is 0 Å². The van der Waals surface area contributed by atoms with Gasteiger partial charge in [-0.05, 0) is 0 Å². The molecule has 0 N–H and O–H groups in total. The molecule has 2 aromatic carbocycles. The minimum atomic E-state index is 0.768. The van der Waals surface area contributed by atoms with Gasteiger partial charge < -0.3 is 0 Å². The summed E-state index contributed by atoms with van der Waals surface area (Å²) in [7, 11) is 0. The molecule has 0 amide bonds. The zero-order valence-electron chi connectivity index (χ0n) is 26.1. The van der Waals surface area contributed by atoms with Gasteiger partial charge in [-0.3, -0.25) is 0 Å². The number of benzene rings is 2. The van der Waals surface area contributed by atoms with Crippen LogP contribution in [-0.4, -0.2) is 38.4 Å². The molecule has 4 heterocycles. The van der Waals surface area contributed by atoms with E-state index >= 15 is 0 Å². The molecule has 6 rings (SSSR count). The molecule has 12 heteroatoms. The minimum absolute atomic E-state index is 0.768. The average molecular weight is 977 g/mol. The van der Waals surface area contributed by atoms with E-state index in [4.69, 9.17) is 0 Å². The normalized spacial score (nSPS) is 11.1. The van der Waals surface area contributed by atoms with Crippen molar-refractivity contribution in [3.05, 3.63) is 116 Å². The Morgan fingerprint density at radius 1 is 0.609 bits per heavy atom. The maximum atomic E-state index is 4.28. The van der Waals surface area contributed by atoms with Crippen LogP contribution >= 0.6 is 0 Å². The standard InChI is InChI=1S/2C17H19N5.2Pt/c2*1-15-18-17(20-19-15)10-6-3-7-11-21-12-13-22(14-21)16-8-4-2-5-9-16;;/h2*2,4-5,8,12-13H,3,6-7,10-11H2,1H3;;/q2*-2;;. The van der Waals surface area contributed by atoms with Crippen molar-refractivity contribution in [3.8, 4) is 11.4 Å². The van der Waals surface area contributed by atoms with Crippen LogP contribution < -0.4 is 10.2 Å². The van der Waals surface area contributed by atoms with Gasteiger partial charge in [0.2, 0.25) is 0 Å². The molecule has 0 fully saturated rings. The molecule has 0 unspecified atom stereocenters. The first kappa shape index (κ1) is 33.9. The summed E-state index contributed by atoms with van der Waals surface area (Å²) in [6, 6.07) is 22.6. The van der Waals surface area contributed by atoms with Crippen LogP contribution in [0, 0.1) is 33.6 Å². The molecule has 0 bridgehead atoms. The van der Waals surface area contributed by atoms with Gasteiger partial charge in [0.25, 0.3) is 0 Å². The fourth-order valence-corrected chi connectivity index (χ4v) is 6.68. The predicted octanol–water partition coefficient (Wildman–Crippen LogP) is 5.25. The van der Waals surface area contributed by atoms with E-state index in [2.05, 4.69) is 136 Å². The molecule has 248 valence electrons. The number of aromatic nitrogens is 10. The van der Waals surface area contributed by atoms with E-state index in [1.54, 1.807) is 0 Å². The number of unbranched alkanes of at least 4 members (excludes halogenated alkanes) is 4. The third-order valence-corrected chi connectivity index (χ3v) is 9.70. The van der Waals surface area contributed by atoms with E-state index in [0.29, 0.717) is 0 Å². The number of nitrogens with zero attached hydrogens (tertiary/aromatic N) is 10. The summed E-state index contributed by atoms with van der Waals surface area (Å²) in [5, 5.41) is 16.0. The van der Waals surface area contributed by atoms with Crippen molar-refractivity contribution in [2.24, 2.45) is 0 Å². The van der Waals surface area contributed by atoms with Crippen LogP contribution in [0.4, 0.5) is 0 Å². The molecule has 0 spiro atoms. The first-order valence-corrected chi connectivity index (χ1v) is 17.8. The summed E-state index contributed by atoms with van der Waals surface area (Å²) in [6.45, 7) is 5.81. The predicted molar refractivity (Wildman–Crippen MR) is 167 cm³/mol. The Bertz CT molecular complexity index is 1740. The molecule has 4 aromatic heterocycles. The first-order valence-electron chi connectivity index (χ1n) is 15.5. The van der Waals surface area contributed by atoms with Crippen molar-refractivity contribution in [2.75, 3.05) is 0 Å². The van der Waals surface area contributed by atoms with Crippen LogP contribution in [0.3, 0.4) is 0 Å². The Balaban J connectivity index is 0.000000181. The Hall–Kier alpha value is -3.48. The Labute approximate surface area is 291 Å². The Morgan fingerprint density at radius 3 is 1.43 bits per heavy atom. The van der Waals surface area contributed by atoms with Crippen LogP contribution in [0.25, 0.3) is 11.4 Å². The van der Waals surface area contributed by atoms with Crippen molar-refractivity contribution in [1.29, 1.82) is 0 Å². The van der Waals surface area contributed by atoms with Crippen molar-refractivity contribution >= 4 is 0 Å². The quantitative estimate of drug-likeness (QED) is 0.109. The SMILES string of the molecule is Cc1nc(CCCCCn2ccn(-c3[c-]cccc3)[c]2=[Pt])n[n-]1.Cc1nc(CCCCCn2ccn(-c3[c-]cccc3)[c]2=[Pt])n[n-]1. The zero-order chi connectivity index (χ0) is 32.1. The second-order valence-electron chi connectivity index (χ2n) is 10.9. The summed E-state index contributed by atoms with van der Waals surface area (Å²) >= 11 is 4.74. The topological polar surface area (TPSA) is 99.5 Å². The van der Waals surface area contributed by atoms with Gasteiger partial charge in [0.15, 0.2) is 0 Å². The molecule has 0 radical (unpaired) electrons. The molecular weight excluding hydrogens is 939 g/mol. The third-order valence-electron chi connectivity index (χ3n) is 7.30. The third kappa shape index (κ3) is 9.76. The molecule has 0 aliphatic carbocycles. The monoisotopic (exact) mass is 976 g/mol. The van der Waals surface area contributed by atoms with Crippen LogP contribution in [0.1, 0.15) is 61.8 Å². The summed E-state index contributed by atoms with van der Waals surface area (Å²) < 4.78 is 11.3. The van der Waals surface area contributed by atoms with Crippen molar-refractivity contribution in [2.45, 2.75) is 78.3 Å². The van der Waals surface area contributed by atoms with Crippen LogP contribution in [0.15, 0.2) is 73.3 Å². The fraction of sp³-hybridized carbons (Fsp3) is 0.353. The second kappa shape index (κ2) is 17.4. The number of rotatable bonds is 14. The van der Waals surface area contributed by atoms with Crippen LogP contribution in [-0.2, 0) is 64.6 Å². The van der Waals surface area contributed by atoms with Gasteiger partial charge in [-0.2, -0.15) is 0 Å². The molecule has 0 atom stereocenters. The van der Waals surface area contributed by atoms with Gasteiger partial charge in [0.05, 0.1) is 0 Å². The number of imidazole rings is 2. The molecule has 0 saturated carbocycles. The number of hydrogen-bond donors (Lipinski definition) is 0. The molecule has 0 aliphatic heterocycles. The number of para-hydroxylation sites is 2. The van der Waals surface area contributed by atoms with Crippen molar-refractivity contribution in [3.63, 3.8) is 0 Å². The Kier molecular flexibility index (Phi) is 12.8. The van der Waals surface area contributed by atoms with Gasteiger partial charge in [-0.1, -0.05) is 0 Å². The van der Waals surface area contributed by atoms with E-state index in [1.165, 1.54) is 20.5 Å². The summed E-state index contributed by atoms with van der Waals surface area (Å²) in [5.74, 6) is 3.28. The van der Waals surface area contributed by atoms with Crippen LogP contribution in [0.2, 0.25) is 0 Å². The summed E-state index contributed by atoms with van der Waals surface area (Å²) in [4.78, 5) is 8.56. The fourth-order valence-electron chi connectivity index (χ4n) is 4.95. The molecule has 0 aliphatic rings.